The molecule has 7 heteroatoms. The largest absolute Gasteiger partial charge is 0.467 e. The average Bonchev–Trinajstić information content (AvgIpc) is 3.38. The molecule has 2 aliphatic rings. The number of nitrogens with one attached hydrogen (secondary N) is 1. The van der Waals surface area contributed by atoms with Crippen LogP contribution in [0.5, 0.6) is 0 Å². The third-order valence-corrected chi connectivity index (χ3v) is 5.58. The number of urea groups is 1. The smallest absolute Gasteiger partial charge is 0.332 e. The van der Waals surface area contributed by atoms with Crippen LogP contribution in [0.4, 0.5) is 10.5 Å². The summed E-state index contributed by atoms with van der Waals surface area (Å²) in [7, 11) is 0. The van der Waals surface area contributed by atoms with Crippen molar-refractivity contribution in [2.75, 3.05) is 4.90 Å². The molecule has 3 aromatic rings. The van der Waals surface area contributed by atoms with Gasteiger partial charge < -0.3 is 14.6 Å². The first kappa shape index (κ1) is 18.2. The van der Waals surface area contributed by atoms with E-state index in [1.165, 1.54) is 4.90 Å². The quantitative estimate of drug-likeness (QED) is 0.681. The van der Waals surface area contributed by atoms with Gasteiger partial charge in [0.1, 0.15) is 11.8 Å². The second-order valence-electron chi connectivity index (χ2n) is 7.38. The number of imide groups is 1. The van der Waals surface area contributed by atoms with Gasteiger partial charge in [0, 0.05) is 18.5 Å². The van der Waals surface area contributed by atoms with Crippen LogP contribution < -0.4 is 10.2 Å². The second-order valence-corrected chi connectivity index (χ2v) is 7.38. The Morgan fingerprint density at radius 2 is 1.77 bits per heavy atom. The molecule has 1 fully saturated rings. The van der Waals surface area contributed by atoms with Crippen LogP contribution in [0, 0.1) is 0 Å². The topological polar surface area (TPSA) is 82.9 Å². The number of fused-ring (bicyclic) bond motifs is 2. The van der Waals surface area contributed by atoms with E-state index in [4.69, 9.17) is 4.42 Å². The van der Waals surface area contributed by atoms with Gasteiger partial charge in [0.05, 0.1) is 18.5 Å². The molecule has 150 valence electrons. The summed E-state index contributed by atoms with van der Waals surface area (Å²) in [5.74, 6) is 0.167. The van der Waals surface area contributed by atoms with E-state index in [0.29, 0.717) is 30.0 Å². The summed E-state index contributed by atoms with van der Waals surface area (Å²) in [5, 5.41) is 2.77. The molecule has 1 unspecified atom stereocenters. The van der Waals surface area contributed by atoms with E-state index in [1.54, 1.807) is 47.6 Å². The lowest BCUT2D eigenvalue weighted by atomic mass is 9.95. The number of rotatable bonds is 4. The van der Waals surface area contributed by atoms with Crippen LogP contribution in [-0.2, 0) is 24.3 Å². The number of carbonyl (C=O) groups excluding carboxylic acids is 3. The van der Waals surface area contributed by atoms with Crippen molar-refractivity contribution in [1.29, 1.82) is 0 Å². The standard InChI is InChI=1S/C23H19N3O4/c27-21(24-13-19-6-3-11-30-19)15-7-9-18(10-8-15)26-22(28)20-12-16-4-1-2-5-17(16)14-25(20)23(26)29/h1-11,20H,12-14H2,(H,24,27). The lowest BCUT2D eigenvalue weighted by Crippen LogP contribution is -2.39. The molecule has 4 amide bonds. The molecule has 2 aliphatic heterocycles. The SMILES string of the molecule is O=C(NCc1ccco1)c1ccc(N2C(=O)C3Cc4ccccc4CN3C2=O)cc1. The molecule has 3 heterocycles. The fraction of sp³-hybridized carbons (Fsp3) is 0.174. The number of carbonyl (C=O) groups is 3. The zero-order valence-corrected chi connectivity index (χ0v) is 16.1. The van der Waals surface area contributed by atoms with Crippen LogP contribution in [0.3, 0.4) is 0 Å². The van der Waals surface area contributed by atoms with Gasteiger partial charge in [0.25, 0.3) is 11.8 Å². The minimum Gasteiger partial charge on any atom is -0.467 e. The van der Waals surface area contributed by atoms with Crippen molar-refractivity contribution < 1.29 is 18.8 Å². The predicted octanol–water partition coefficient (Wildman–Crippen LogP) is 3.10. The first-order chi connectivity index (χ1) is 14.6. The number of benzene rings is 2. The van der Waals surface area contributed by atoms with Crippen molar-refractivity contribution in [3.05, 3.63) is 89.4 Å². The van der Waals surface area contributed by atoms with Gasteiger partial charge in [-0.3, -0.25) is 9.59 Å². The molecule has 7 nitrogen and oxygen atoms in total. The highest BCUT2D eigenvalue weighted by molar-refractivity contribution is 6.21. The zero-order valence-electron chi connectivity index (χ0n) is 16.1. The Morgan fingerprint density at radius 1 is 1.00 bits per heavy atom. The Hall–Kier alpha value is -3.87. The highest BCUT2D eigenvalue weighted by atomic mass is 16.3. The third kappa shape index (κ3) is 3.04. The summed E-state index contributed by atoms with van der Waals surface area (Å²) >= 11 is 0. The summed E-state index contributed by atoms with van der Waals surface area (Å²) in [6.07, 6.45) is 2.07. The van der Waals surface area contributed by atoms with Crippen molar-refractivity contribution >= 4 is 23.5 Å². The molecule has 0 bridgehead atoms. The maximum atomic E-state index is 13.0. The summed E-state index contributed by atoms with van der Waals surface area (Å²) in [6, 6.07) is 17.1. The summed E-state index contributed by atoms with van der Waals surface area (Å²) in [5.41, 5.74) is 3.08. The number of amides is 4. The number of anilines is 1. The molecule has 5 rings (SSSR count). The lowest BCUT2D eigenvalue weighted by molar-refractivity contribution is -0.120. The van der Waals surface area contributed by atoms with Gasteiger partial charge in [-0.05, 0) is 47.5 Å². The Labute approximate surface area is 172 Å². The molecule has 0 saturated carbocycles. The van der Waals surface area contributed by atoms with Gasteiger partial charge in [-0.1, -0.05) is 24.3 Å². The molecular formula is C23H19N3O4. The van der Waals surface area contributed by atoms with Crippen molar-refractivity contribution in [2.45, 2.75) is 25.6 Å². The molecule has 1 saturated heterocycles. The number of furan rings is 1. The van der Waals surface area contributed by atoms with E-state index >= 15 is 0 Å². The number of hydrogen-bond acceptors (Lipinski definition) is 4. The van der Waals surface area contributed by atoms with Crippen LogP contribution in [0.25, 0.3) is 0 Å². The van der Waals surface area contributed by atoms with E-state index in [9.17, 15) is 14.4 Å². The van der Waals surface area contributed by atoms with Gasteiger partial charge in [-0.2, -0.15) is 0 Å². The van der Waals surface area contributed by atoms with E-state index in [1.807, 2.05) is 24.3 Å². The molecule has 0 aliphatic carbocycles. The minimum atomic E-state index is -0.483. The molecule has 30 heavy (non-hydrogen) atoms. The van der Waals surface area contributed by atoms with Crippen LogP contribution in [0.1, 0.15) is 27.2 Å². The molecule has 1 atom stereocenters. The van der Waals surface area contributed by atoms with Gasteiger partial charge in [-0.15, -0.1) is 0 Å². The Morgan fingerprint density at radius 3 is 2.50 bits per heavy atom. The monoisotopic (exact) mass is 401 g/mol. The highest BCUT2D eigenvalue weighted by Crippen LogP contribution is 2.32. The summed E-state index contributed by atoms with van der Waals surface area (Å²) in [6.45, 7) is 0.711. The second kappa shape index (κ2) is 7.18. The van der Waals surface area contributed by atoms with Crippen LogP contribution >= 0.6 is 0 Å². The lowest BCUT2D eigenvalue weighted by Gasteiger charge is -2.28. The Balaban J connectivity index is 1.32. The van der Waals surface area contributed by atoms with Crippen molar-refractivity contribution in [3.8, 4) is 0 Å². The molecule has 2 aromatic carbocycles. The summed E-state index contributed by atoms with van der Waals surface area (Å²) < 4.78 is 5.20. The first-order valence-corrected chi connectivity index (χ1v) is 9.74. The molecule has 0 spiro atoms. The van der Waals surface area contributed by atoms with E-state index in [0.717, 1.165) is 11.1 Å². The molecule has 0 radical (unpaired) electrons. The fourth-order valence-corrected chi connectivity index (χ4v) is 4.00. The summed E-state index contributed by atoms with van der Waals surface area (Å²) in [4.78, 5) is 41.1. The zero-order chi connectivity index (χ0) is 20.7. The van der Waals surface area contributed by atoms with Gasteiger partial charge in [0.15, 0.2) is 0 Å². The molecule has 1 aromatic heterocycles. The van der Waals surface area contributed by atoms with Crippen LogP contribution in [-0.4, -0.2) is 28.8 Å². The van der Waals surface area contributed by atoms with Crippen molar-refractivity contribution in [2.24, 2.45) is 0 Å². The Kier molecular flexibility index (Phi) is 4.35. The normalized spacial score (nSPS) is 17.7. The van der Waals surface area contributed by atoms with E-state index in [-0.39, 0.29) is 24.4 Å². The van der Waals surface area contributed by atoms with Crippen molar-refractivity contribution in [3.63, 3.8) is 0 Å². The van der Waals surface area contributed by atoms with Gasteiger partial charge in [0.2, 0.25) is 0 Å². The number of hydrogen-bond donors (Lipinski definition) is 1. The minimum absolute atomic E-state index is 0.232. The maximum absolute atomic E-state index is 13.0. The van der Waals surface area contributed by atoms with E-state index < -0.39 is 6.04 Å². The number of nitrogens with zero attached hydrogens (tertiary/aromatic N) is 2. The predicted molar refractivity (Wildman–Crippen MR) is 109 cm³/mol. The van der Waals surface area contributed by atoms with Crippen molar-refractivity contribution in [1.82, 2.24) is 10.2 Å². The van der Waals surface area contributed by atoms with Gasteiger partial charge in [-0.25, -0.2) is 9.69 Å². The Bertz CT molecular complexity index is 1080. The maximum Gasteiger partial charge on any atom is 0.332 e. The van der Waals surface area contributed by atoms with Gasteiger partial charge >= 0.3 is 6.03 Å². The molecule has 1 N–H and O–H groups in total. The van der Waals surface area contributed by atoms with Crippen LogP contribution in [0.2, 0.25) is 0 Å². The highest BCUT2D eigenvalue weighted by Gasteiger charge is 2.47. The molecular weight excluding hydrogens is 382 g/mol. The fourth-order valence-electron chi connectivity index (χ4n) is 4.00. The van der Waals surface area contributed by atoms with E-state index in [2.05, 4.69) is 5.32 Å². The first-order valence-electron chi connectivity index (χ1n) is 9.74. The third-order valence-electron chi connectivity index (χ3n) is 5.58. The average molecular weight is 401 g/mol. The van der Waals surface area contributed by atoms with Crippen LogP contribution in [0.15, 0.2) is 71.3 Å².